The van der Waals surface area contributed by atoms with E-state index in [1.165, 1.54) is 0 Å². The highest BCUT2D eigenvalue weighted by Crippen LogP contribution is 2.13. The number of nitrogens with zero attached hydrogens (tertiary/aromatic N) is 4. The van der Waals surface area contributed by atoms with E-state index in [4.69, 9.17) is 16.3 Å². The number of aromatic nitrogens is 1. The molecule has 0 spiro atoms. The summed E-state index contributed by atoms with van der Waals surface area (Å²) in [5.41, 5.74) is 7.27. The molecular weight excluding hydrogens is 262 g/mol. The van der Waals surface area contributed by atoms with Crippen molar-refractivity contribution in [2.24, 2.45) is 10.7 Å². The van der Waals surface area contributed by atoms with E-state index in [2.05, 4.69) is 9.98 Å². The van der Waals surface area contributed by atoms with Gasteiger partial charge in [0.05, 0.1) is 5.71 Å². The molecule has 1 heterocycles. The van der Waals surface area contributed by atoms with E-state index in [0.717, 1.165) is 11.1 Å². The molecule has 0 saturated carbocycles. The van der Waals surface area contributed by atoms with Crippen LogP contribution in [0.25, 0.3) is 0 Å². The minimum absolute atomic E-state index is 0.111. The highest BCUT2D eigenvalue weighted by molar-refractivity contribution is 6.13. The Bertz CT molecular complexity index is 720. The number of aliphatic imine (C=N–C) groups is 1. The summed E-state index contributed by atoms with van der Waals surface area (Å²) >= 11 is 0. The quantitative estimate of drug-likeness (QED) is 0.684. The zero-order valence-corrected chi connectivity index (χ0v) is 11.1. The van der Waals surface area contributed by atoms with Crippen molar-refractivity contribution in [3.8, 4) is 12.1 Å². The van der Waals surface area contributed by atoms with Crippen LogP contribution in [0.15, 0.2) is 71.2 Å². The van der Waals surface area contributed by atoms with Gasteiger partial charge in [0.25, 0.3) is 0 Å². The van der Waals surface area contributed by atoms with Crippen molar-refractivity contribution in [2.45, 2.75) is 0 Å². The number of rotatable bonds is 3. The Hall–Kier alpha value is -3.44. The molecule has 0 amide bonds. The Kier molecular flexibility index (Phi) is 4.42. The molecule has 0 bridgehead atoms. The normalized spacial score (nSPS) is 12.0. The van der Waals surface area contributed by atoms with Gasteiger partial charge in [0.1, 0.15) is 17.8 Å². The molecule has 0 unspecified atom stereocenters. The van der Waals surface area contributed by atoms with E-state index < -0.39 is 0 Å². The van der Waals surface area contributed by atoms with Crippen LogP contribution in [0.5, 0.6) is 0 Å². The monoisotopic (exact) mass is 273 g/mol. The fraction of sp³-hybridized carbons (Fsp3) is 0. The molecule has 5 heteroatoms. The van der Waals surface area contributed by atoms with E-state index in [1.54, 1.807) is 24.5 Å². The molecule has 1 aromatic carbocycles. The Morgan fingerprint density at radius 1 is 1.00 bits per heavy atom. The number of hydrogen-bond donors (Lipinski definition) is 1. The number of nitrogens with two attached hydrogens (primary N) is 1. The second kappa shape index (κ2) is 6.65. The maximum Gasteiger partial charge on any atom is 0.175 e. The molecule has 0 atom stereocenters. The second-order valence-electron chi connectivity index (χ2n) is 4.05. The molecule has 2 rings (SSSR count). The first kappa shape index (κ1) is 14.0. The van der Waals surface area contributed by atoms with Gasteiger partial charge in [-0.1, -0.05) is 30.3 Å². The average molecular weight is 273 g/mol. The summed E-state index contributed by atoms with van der Waals surface area (Å²) in [6.07, 6.45) is 3.29. The van der Waals surface area contributed by atoms with Gasteiger partial charge in [0.2, 0.25) is 0 Å². The summed E-state index contributed by atoms with van der Waals surface area (Å²) in [4.78, 5) is 8.31. The molecule has 1 aromatic heterocycles. The molecule has 0 aliphatic heterocycles. The number of nitriles is 2. The number of hydrogen-bond acceptors (Lipinski definition) is 5. The largest absolute Gasteiger partial charge is 0.388 e. The first-order valence-corrected chi connectivity index (χ1v) is 6.10. The summed E-state index contributed by atoms with van der Waals surface area (Å²) in [5.74, 6) is 0. The van der Waals surface area contributed by atoms with Crippen LogP contribution in [0, 0.1) is 22.7 Å². The van der Waals surface area contributed by atoms with Crippen molar-refractivity contribution in [3.05, 3.63) is 77.4 Å². The van der Waals surface area contributed by atoms with Crippen molar-refractivity contribution >= 4 is 5.71 Å². The predicted molar refractivity (Wildman–Crippen MR) is 78.8 cm³/mol. The topological polar surface area (TPSA) is 98.8 Å². The zero-order chi connectivity index (χ0) is 15.1. The van der Waals surface area contributed by atoms with E-state index in [0.29, 0.717) is 5.71 Å². The fourth-order valence-corrected chi connectivity index (χ4v) is 1.70. The van der Waals surface area contributed by atoms with Crippen molar-refractivity contribution < 1.29 is 0 Å². The molecule has 0 aliphatic carbocycles. The van der Waals surface area contributed by atoms with Gasteiger partial charge in [0, 0.05) is 23.5 Å². The van der Waals surface area contributed by atoms with E-state index in [9.17, 15) is 0 Å². The van der Waals surface area contributed by atoms with Crippen LogP contribution in [0.3, 0.4) is 0 Å². The van der Waals surface area contributed by atoms with Gasteiger partial charge in [-0.25, -0.2) is 4.99 Å². The molecule has 5 nitrogen and oxygen atoms in total. The van der Waals surface area contributed by atoms with Gasteiger partial charge >= 0.3 is 0 Å². The maximum atomic E-state index is 9.11. The van der Waals surface area contributed by atoms with Crippen LogP contribution >= 0.6 is 0 Å². The molecule has 2 aromatic rings. The summed E-state index contributed by atoms with van der Waals surface area (Å²) in [5, 5.41) is 17.9. The van der Waals surface area contributed by atoms with Gasteiger partial charge in [-0.15, -0.1) is 0 Å². The average Bonchev–Trinajstić information content (AvgIpc) is 2.57. The maximum absolute atomic E-state index is 9.11. The lowest BCUT2D eigenvalue weighted by Gasteiger charge is -2.06. The summed E-state index contributed by atoms with van der Waals surface area (Å²) in [7, 11) is 0. The Labute approximate surface area is 122 Å². The minimum atomic E-state index is -0.213. The van der Waals surface area contributed by atoms with Crippen molar-refractivity contribution in [1.29, 1.82) is 10.5 Å². The standard InChI is InChI=1S/C16H11N5/c17-9-14(19)15(10-18)21-16(12-5-2-1-3-6-12)13-7-4-8-20-11-13/h1-8,11H,19H2/b15-14-,21-16?. The van der Waals surface area contributed by atoms with Crippen molar-refractivity contribution in [2.75, 3.05) is 0 Å². The zero-order valence-electron chi connectivity index (χ0n) is 11.1. The van der Waals surface area contributed by atoms with Crippen molar-refractivity contribution in [3.63, 3.8) is 0 Å². The van der Waals surface area contributed by atoms with Gasteiger partial charge in [-0.05, 0) is 12.1 Å². The first-order valence-electron chi connectivity index (χ1n) is 6.10. The third-order valence-corrected chi connectivity index (χ3v) is 2.69. The summed E-state index contributed by atoms with van der Waals surface area (Å²) in [6.45, 7) is 0. The summed E-state index contributed by atoms with van der Waals surface area (Å²) < 4.78 is 0. The predicted octanol–water partition coefficient (Wildman–Crippen LogP) is 2.14. The molecule has 0 aliphatic rings. The first-order chi connectivity index (χ1) is 10.3. The van der Waals surface area contributed by atoms with Crippen LogP contribution in [0.4, 0.5) is 0 Å². The lowest BCUT2D eigenvalue weighted by Crippen LogP contribution is -2.06. The van der Waals surface area contributed by atoms with E-state index in [1.807, 2.05) is 42.5 Å². The number of benzene rings is 1. The third kappa shape index (κ3) is 3.31. The van der Waals surface area contributed by atoms with Crippen LogP contribution in [0.2, 0.25) is 0 Å². The van der Waals surface area contributed by atoms with Gasteiger partial charge in [0.15, 0.2) is 5.70 Å². The van der Waals surface area contributed by atoms with E-state index >= 15 is 0 Å². The smallest absolute Gasteiger partial charge is 0.175 e. The third-order valence-electron chi connectivity index (χ3n) is 2.69. The van der Waals surface area contributed by atoms with Crippen LogP contribution in [-0.4, -0.2) is 10.7 Å². The summed E-state index contributed by atoms with van der Waals surface area (Å²) in [6, 6.07) is 16.5. The highest BCUT2D eigenvalue weighted by atomic mass is 14.8. The Balaban J connectivity index is 2.64. The fourth-order valence-electron chi connectivity index (χ4n) is 1.70. The van der Waals surface area contributed by atoms with Crippen LogP contribution < -0.4 is 5.73 Å². The van der Waals surface area contributed by atoms with Crippen molar-refractivity contribution in [1.82, 2.24) is 4.98 Å². The molecule has 0 saturated heterocycles. The lowest BCUT2D eigenvalue weighted by atomic mass is 10.0. The molecular formula is C16H11N5. The SMILES string of the molecule is N#C/C(N)=C(\C#N)N=C(c1ccccc1)c1cccnc1. The highest BCUT2D eigenvalue weighted by Gasteiger charge is 2.09. The van der Waals surface area contributed by atoms with E-state index in [-0.39, 0.29) is 11.4 Å². The number of pyridine rings is 1. The van der Waals surface area contributed by atoms with Gasteiger partial charge in [-0.2, -0.15) is 10.5 Å². The van der Waals surface area contributed by atoms with Crippen LogP contribution in [0.1, 0.15) is 11.1 Å². The molecule has 0 fully saturated rings. The molecule has 21 heavy (non-hydrogen) atoms. The molecule has 2 N–H and O–H groups in total. The Morgan fingerprint density at radius 2 is 1.71 bits per heavy atom. The Morgan fingerprint density at radius 3 is 2.29 bits per heavy atom. The second-order valence-corrected chi connectivity index (χ2v) is 4.05. The molecule has 0 radical (unpaired) electrons. The van der Waals surface area contributed by atoms with Crippen LogP contribution in [-0.2, 0) is 0 Å². The molecule has 100 valence electrons. The number of allylic oxidation sites excluding steroid dienone is 2. The minimum Gasteiger partial charge on any atom is -0.388 e. The van der Waals surface area contributed by atoms with Gasteiger partial charge in [-0.3, -0.25) is 4.98 Å². The van der Waals surface area contributed by atoms with Gasteiger partial charge < -0.3 is 5.73 Å². The lowest BCUT2D eigenvalue weighted by molar-refractivity contribution is 1.25.